The molecule has 0 aliphatic heterocycles. The van der Waals surface area contributed by atoms with E-state index in [0.29, 0.717) is 12.0 Å². The van der Waals surface area contributed by atoms with E-state index in [4.69, 9.17) is 5.53 Å². The third kappa shape index (κ3) is 1.77. The molecule has 0 atom stereocenters. The van der Waals surface area contributed by atoms with Gasteiger partial charge in [0.15, 0.2) is 5.69 Å². The number of rotatable bonds is 3. The fourth-order valence-electron chi connectivity index (χ4n) is 1.19. The number of hydrogen-bond donors (Lipinski definition) is 3. The van der Waals surface area contributed by atoms with E-state index >= 15 is 0 Å². The van der Waals surface area contributed by atoms with Crippen LogP contribution in [-0.4, -0.2) is 10.2 Å². The maximum absolute atomic E-state index is 9.53. The second-order valence-electron chi connectivity index (χ2n) is 2.80. The summed E-state index contributed by atoms with van der Waals surface area (Å²) >= 11 is 0. The summed E-state index contributed by atoms with van der Waals surface area (Å²) < 4.78 is 0. The Bertz CT molecular complexity index is 324. The van der Waals surface area contributed by atoms with Crippen LogP contribution in [0, 0.1) is 5.53 Å². The Kier molecular flexibility index (Phi) is 2.84. The summed E-state index contributed by atoms with van der Waals surface area (Å²) in [4.78, 5) is 0. The fraction of sp³-hybridized carbons (Fsp3) is 0.333. The molecule has 1 aromatic carbocycles. The predicted octanol–water partition coefficient (Wildman–Crippen LogP) is 2.71. The Hall–Kier alpha value is -1.58. The van der Waals surface area contributed by atoms with Gasteiger partial charge >= 0.3 is 0 Å². The van der Waals surface area contributed by atoms with Crippen molar-refractivity contribution in [1.82, 2.24) is 0 Å². The van der Waals surface area contributed by atoms with E-state index in [2.05, 4.69) is 5.11 Å². The molecule has 0 aliphatic rings. The monoisotopic (exact) mass is 180 g/mol. The normalized spacial score (nSPS) is 9.92. The van der Waals surface area contributed by atoms with Gasteiger partial charge in [0.1, 0.15) is 11.5 Å². The molecule has 13 heavy (non-hydrogen) atoms. The van der Waals surface area contributed by atoms with Gasteiger partial charge in [-0.3, -0.25) is 0 Å². The second-order valence-corrected chi connectivity index (χ2v) is 2.80. The van der Waals surface area contributed by atoms with Gasteiger partial charge in [0.2, 0.25) is 0 Å². The molecule has 1 rings (SSSR count). The van der Waals surface area contributed by atoms with Crippen LogP contribution in [0.4, 0.5) is 5.69 Å². The predicted molar refractivity (Wildman–Crippen MR) is 48.6 cm³/mol. The molecule has 0 unspecified atom stereocenters. The maximum atomic E-state index is 9.53. The van der Waals surface area contributed by atoms with Crippen molar-refractivity contribution in [3.63, 3.8) is 0 Å². The number of hydrogen-bond acceptors (Lipinski definition) is 4. The van der Waals surface area contributed by atoms with Crippen LogP contribution in [0.15, 0.2) is 17.2 Å². The van der Waals surface area contributed by atoms with Crippen molar-refractivity contribution in [3.05, 3.63) is 17.7 Å². The van der Waals surface area contributed by atoms with Gasteiger partial charge in [-0.1, -0.05) is 19.4 Å². The highest BCUT2D eigenvalue weighted by molar-refractivity contribution is 5.63. The molecule has 0 heterocycles. The van der Waals surface area contributed by atoms with Crippen molar-refractivity contribution in [2.24, 2.45) is 5.11 Å². The van der Waals surface area contributed by atoms with Crippen LogP contribution in [0.1, 0.15) is 18.9 Å². The van der Waals surface area contributed by atoms with Crippen LogP contribution in [0.5, 0.6) is 11.5 Å². The Morgan fingerprint density at radius 2 is 2.08 bits per heavy atom. The van der Waals surface area contributed by atoms with Crippen LogP contribution in [0.2, 0.25) is 0 Å². The number of aromatic hydroxyl groups is 2. The standard InChI is InChI=1S/C9H12N2O2/c1-2-3-6-4-5-7(12)8(11-10)9(6)13/h4-5,10,12-13H,2-3H2,1H3. The molecule has 0 spiro atoms. The summed E-state index contributed by atoms with van der Waals surface area (Å²) in [5.74, 6) is -0.246. The van der Waals surface area contributed by atoms with Crippen molar-refractivity contribution in [1.29, 1.82) is 5.53 Å². The summed E-state index contributed by atoms with van der Waals surface area (Å²) in [5.41, 5.74) is 7.42. The summed E-state index contributed by atoms with van der Waals surface area (Å²) in [6.07, 6.45) is 1.62. The highest BCUT2D eigenvalue weighted by Gasteiger charge is 2.10. The molecule has 3 N–H and O–H groups in total. The average Bonchev–Trinajstić information content (AvgIpc) is 2.11. The van der Waals surface area contributed by atoms with E-state index in [1.807, 2.05) is 6.92 Å². The van der Waals surface area contributed by atoms with Crippen molar-refractivity contribution in [2.75, 3.05) is 0 Å². The smallest absolute Gasteiger partial charge is 0.168 e. The molecule has 0 fully saturated rings. The van der Waals surface area contributed by atoms with E-state index in [-0.39, 0.29) is 17.2 Å². The molecule has 0 saturated carbocycles. The molecule has 0 saturated heterocycles. The number of benzene rings is 1. The number of phenolic OH excluding ortho intramolecular Hbond substituents is 2. The number of nitrogens with one attached hydrogen (secondary N) is 1. The van der Waals surface area contributed by atoms with Gasteiger partial charge < -0.3 is 10.2 Å². The van der Waals surface area contributed by atoms with E-state index in [9.17, 15) is 10.2 Å². The minimum atomic E-state index is -0.160. The van der Waals surface area contributed by atoms with Gasteiger partial charge in [0, 0.05) is 0 Å². The van der Waals surface area contributed by atoms with E-state index < -0.39 is 0 Å². The summed E-state index contributed by atoms with van der Waals surface area (Å²) in [7, 11) is 0. The van der Waals surface area contributed by atoms with Crippen LogP contribution in [-0.2, 0) is 6.42 Å². The van der Waals surface area contributed by atoms with Crippen molar-refractivity contribution < 1.29 is 10.2 Å². The van der Waals surface area contributed by atoms with Crippen molar-refractivity contribution in [2.45, 2.75) is 19.8 Å². The number of aryl methyl sites for hydroxylation is 1. The van der Waals surface area contributed by atoms with Crippen molar-refractivity contribution >= 4 is 5.69 Å². The first-order valence-electron chi connectivity index (χ1n) is 4.12. The van der Waals surface area contributed by atoms with E-state index in [1.54, 1.807) is 6.07 Å². The fourth-order valence-corrected chi connectivity index (χ4v) is 1.19. The SMILES string of the molecule is CCCc1ccc(O)c(N=N)c1O. The lowest BCUT2D eigenvalue weighted by molar-refractivity contribution is 0.447. The Labute approximate surface area is 76.4 Å². The number of phenols is 2. The molecule has 0 radical (unpaired) electrons. The molecular formula is C9H12N2O2. The van der Waals surface area contributed by atoms with Gasteiger partial charge in [-0.05, 0) is 18.1 Å². The molecule has 4 heteroatoms. The first-order chi connectivity index (χ1) is 6.20. The zero-order chi connectivity index (χ0) is 9.84. The zero-order valence-corrected chi connectivity index (χ0v) is 7.41. The largest absolute Gasteiger partial charge is 0.505 e. The second kappa shape index (κ2) is 3.89. The summed E-state index contributed by atoms with van der Waals surface area (Å²) in [6, 6.07) is 3.08. The van der Waals surface area contributed by atoms with Crippen LogP contribution < -0.4 is 0 Å². The summed E-state index contributed by atoms with van der Waals surface area (Å²) in [5, 5.41) is 21.8. The zero-order valence-electron chi connectivity index (χ0n) is 7.41. The first-order valence-corrected chi connectivity index (χ1v) is 4.12. The Morgan fingerprint density at radius 1 is 1.38 bits per heavy atom. The Balaban J connectivity index is 3.19. The molecular weight excluding hydrogens is 168 g/mol. The lowest BCUT2D eigenvalue weighted by atomic mass is 10.1. The highest BCUT2D eigenvalue weighted by Crippen LogP contribution is 2.38. The molecule has 70 valence electrons. The molecule has 0 aliphatic carbocycles. The van der Waals surface area contributed by atoms with Gasteiger partial charge in [-0.2, -0.15) is 5.11 Å². The lowest BCUT2D eigenvalue weighted by Gasteiger charge is -2.05. The van der Waals surface area contributed by atoms with Crippen LogP contribution >= 0.6 is 0 Å². The number of nitrogens with zero attached hydrogens (tertiary/aromatic N) is 1. The van der Waals surface area contributed by atoms with E-state index in [0.717, 1.165) is 6.42 Å². The van der Waals surface area contributed by atoms with Crippen LogP contribution in [0.3, 0.4) is 0 Å². The van der Waals surface area contributed by atoms with Crippen molar-refractivity contribution in [3.8, 4) is 11.5 Å². The molecule has 1 aromatic rings. The third-order valence-corrected chi connectivity index (χ3v) is 1.84. The minimum absolute atomic E-state index is 0.0500. The van der Waals surface area contributed by atoms with Crippen LogP contribution in [0.25, 0.3) is 0 Å². The van der Waals surface area contributed by atoms with Gasteiger partial charge in [-0.25, -0.2) is 5.53 Å². The van der Waals surface area contributed by atoms with Gasteiger partial charge in [-0.15, -0.1) is 0 Å². The Morgan fingerprint density at radius 3 is 2.62 bits per heavy atom. The van der Waals surface area contributed by atoms with Gasteiger partial charge in [0.05, 0.1) is 0 Å². The molecule has 0 aromatic heterocycles. The minimum Gasteiger partial charge on any atom is -0.505 e. The quantitative estimate of drug-likeness (QED) is 0.625. The summed E-state index contributed by atoms with van der Waals surface area (Å²) in [6.45, 7) is 1.99. The van der Waals surface area contributed by atoms with E-state index in [1.165, 1.54) is 6.07 Å². The maximum Gasteiger partial charge on any atom is 0.168 e. The third-order valence-electron chi connectivity index (χ3n) is 1.84. The topological polar surface area (TPSA) is 76.7 Å². The molecule has 0 amide bonds. The molecule has 0 bridgehead atoms. The average molecular weight is 180 g/mol. The van der Waals surface area contributed by atoms with Gasteiger partial charge in [0.25, 0.3) is 0 Å². The highest BCUT2D eigenvalue weighted by atomic mass is 16.3. The molecule has 4 nitrogen and oxygen atoms in total. The first kappa shape index (κ1) is 9.51. The lowest BCUT2D eigenvalue weighted by Crippen LogP contribution is -1.84.